The van der Waals surface area contributed by atoms with Crippen molar-refractivity contribution in [3.63, 3.8) is 0 Å². The molecule has 0 aliphatic carbocycles. The summed E-state index contributed by atoms with van der Waals surface area (Å²) in [4.78, 5) is 35.6. The first kappa shape index (κ1) is 31.4. The zero-order valence-electron chi connectivity index (χ0n) is 24.8. The lowest BCUT2D eigenvalue weighted by molar-refractivity contribution is 0.0945. The minimum Gasteiger partial charge on any atom is -0.379 e. The largest absolute Gasteiger partial charge is 0.379 e. The van der Waals surface area contributed by atoms with Crippen LogP contribution in [-0.4, -0.2) is 60.0 Å². The number of aromatic nitrogens is 6. The predicted octanol–water partition coefficient (Wildman–Crippen LogP) is 4.94. The van der Waals surface area contributed by atoms with Crippen LogP contribution in [0.4, 0.5) is 0 Å². The van der Waals surface area contributed by atoms with Crippen LogP contribution in [-0.2, 0) is 19.9 Å². The van der Waals surface area contributed by atoms with Crippen molar-refractivity contribution < 1.29 is 14.7 Å². The molecule has 0 fully saturated rings. The highest BCUT2D eigenvalue weighted by molar-refractivity contribution is 7.17. The van der Waals surface area contributed by atoms with E-state index in [0.717, 1.165) is 26.6 Å². The SMILES string of the molecule is Cn1nc(C(O)c2nnc(CCNC(=O)c3ncc(-c4ccccc4)s3)s2)cc1CCCNC(=O)c1ncc(-c2ccccc2)s1. The fourth-order valence-corrected chi connectivity index (χ4v) is 7.16. The summed E-state index contributed by atoms with van der Waals surface area (Å²) in [7, 11) is 1.82. The maximum atomic E-state index is 12.6. The first-order valence-electron chi connectivity index (χ1n) is 14.6. The molecule has 0 bridgehead atoms. The number of carbonyl (C=O) groups is 2. The van der Waals surface area contributed by atoms with Gasteiger partial charge in [-0.25, -0.2) is 9.97 Å². The normalized spacial score (nSPS) is 11.8. The van der Waals surface area contributed by atoms with Gasteiger partial charge in [0.2, 0.25) is 0 Å². The van der Waals surface area contributed by atoms with Gasteiger partial charge in [0, 0.05) is 44.6 Å². The molecule has 11 nitrogen and oxygen atoms in total. The molecule has 46 heavy (non-hydrogen) atoms. The van der Waals surface area contributed by atoms with E-state index in [0.29, 0.717) is 58.1 Å². The molecule has 0 aliphatic rings. The number of amides is 2. The topological polar surface area (TPSA) is 148 Å². The molecule has 0 aliphatic heterocycles. The summed E-state index contributed by atoms with van der Waals surface area (Å²) in [5.41, 5.74) is 3.46. The van der Waals surface area contributed by atoms with E-state index >= 15 is 0 Å². The van der Waals surface area contributed by atoms with Crippen molar-refractivity contribution >= 4 is 45.8 Å². The van der Waals surface area contributed by atoms with Gasteiger partial charge in [0.05, 0.1) is 15.4 Å². The van der Waals surface area contributed by atoms with Crippen molar-refractivity contribution in [2.75, 3.05) is 13.1 Å². The third-order valence-electron chi connectivity index (χ3n) is 7.03. The molecule has 1 atom stereocenters. The summed E-state index contributed by atoms with van der Waals surface area (Å²) in [6, 6.07) is 21.5. The van der Waals surface area contributed by atoms with Gasteiger partial charge in [0.25, 0.3) is 11.8 Å². The fraction of sp³-hybridized carbons (Fsp3) is 0.219. The molecule has 4 aromatic heterocycles. The van der Waals surface area contributed by atoms with Crippen molar-refractivity contribution in [3.05, 3.63) is 111 Å². The van der Waals surface area contributed by atoms with Crippen LogP contribution in [0.25, 0.3) is 20.9 Å². The highest BCUT2D eigenvalue weighted by Crippen LogP contribution is 2.28. The Labute approximate surface area is 277 Å². The van der Waals surface area contributed by atoms with Gasteiger partial charge in [-0.3, -0.25) is 14.3 Å². The summed E-state index contributed by atoms with van der Waals surface area (Å²) in [5, 5.41) is 31.6. The van der Waals surface area contributed by atoms with E-state index in [2.05, 4.69) is 35.9 Å². The Balaban J connectivity index is 0.949. The molecule has 4 heterocycles. The molecule has 234 valence electrons. The third kappa shape index (κ3) is 7.59. The molecule has 0 radical (unpaired) electrons. The predicted molar refractivity (Wildman–Crippen MR) is 179 cm³/mol. The first-order chi connectivity index (χ1) is 22.4. The van der Waals surface area contributed by atoms with Gasteiger partial charge in [-0.1, -0.05) is 72.0 Å². The number of aliphatic hydroxyl groups is 1. The molecule has 2 amide bonds. The fourth-order valence-electron chi connectivity index (χ4n) is 4.64. The summed E-state index contributed by atoms with van der Waals surface area (Å²) in [6.07, 6.45) is 4.25. The van der Waals surface area contributed by atoms with Gasteiger partial charge in [-0.2, -0.15) is 5.10 Å². The quantitative estimate of drug-likeness (QED) is 0.147. The van der Waals surface area contributed by atoms with E-state index in [4.69, 9.17) is 0 Å². The second-order valence-electron chi connectivity index (χ2n) is 10.3. The zero-order valence-corrected chi connectivity index (χ0v) is 27.2. The van der Waals surface area contributed by atoms with Crippen LogP contribution in [0.15, 0.2) is 79.1 Å². The highest BCUT2D eigenvalue weighted by atomic mass is 32.1. The minimum absolute atomic E-state index is 0.194. The molecule has 2 aromatic carbocycles. The Hall–Kier alpha value is -4.63. The summed E-state index contributed by atoms with van der Waals surface area (Å²) < 4.78 is 1.73. The number of rotatable bonds is 13. The van der Waals surface area contributed by atoms with Crippen LogP contribution >= 0.6 is 34.0 Å². The second-order valence-corrected chi connectivity index (χ2v) is 13.4. The number of benzene rings is 2. The third-order valence-corrected chi connectivity index (χ3v) is 10.2. The number of aryl methyl sites for hydroxylation is 2. The average Bonchev–Trinajstić information content (AvgIpc) is 3.91. The van der Waals surface area contributed by atoms with Crippen molar-refractivity contribution in [2.24, 2.45) is 7.05 Å². The van der Waals surface area contributed by atoms with Crippen molar-refractivity contribution in [3.8, 4) is 20.9 Å². The number of nitrogens with zero attached hydrogens (tertiary/aromatic N) is 6. The van der Waals surface area contributed by atoms with E-state index in [-0.39, 0.29) is 11.8 Å². The van der Waals surface area contributed by atoms with Crippen LogP contribution in [0.2, 0.25) is 0 Å². The summed E-state index contributed by atoms with van der Waals surface area (Å²) in [5.74, 6) is -0.432. The Morgan fingerprint density at radius 1 is 0.804 bits per heavy atom. The average molecular weight is 671 g/mol. The van der Waals surface area contributed by atoms with E-state index < -0.39 is 6.10 Å². The van der Waals surface area contributed by atoms with Gasteiger partial charge in [-0.15, -0.1) is 32.9 Å². The number of thiazole rings is 2. The zero-order chi connectivity index (χ0) is 31.9. The molecule has 6 rings (SSSR count). The van der Waals surface area contributed by atoms with Crippen LogP contribution < -0.4 is 10.6 Å². The van der Waals surface area contributed by atoms with Gasteiger partial charge in [0.15, 0.2) is 21.1 Å². The van der Waals surface area contributed by atoms with Crippen molar-refractivity contribution in [1.29, 1.82) is 0 Å². The van der Waals surface area contributed by atoms with Crippen molar-refractivity contribution in [2.45, 2.75) is 25.4 Å². The summed E-state index contributed by atoms with van der Waals surface area (Å²) in [6.45, 7) is 0.847. The van der Waals surface area contributed by atoms with E-state index in [9.17, 15) is 14.7 Å². The molecular weight excluding hydrogens is 641 g/mol. The Bertz CT molecular complexity index is 1920. The Morgan fingerprint density at radius 3 is 2.00 bits per heavy atom. The molecular formula is C32H30N8O3S3. The van der Waals surface area contributed by atoms with E-state index in [1.807, 2.05) is 73.8 Å². The monoisotopic (exact) mass is 670 g/mol. The van der Waals surface area contributed by atoms with Crippen LogP contribution in [0.3, 0.4) is 0 Å². The van der Waals surface area contributed by atoms with Gasteiger partial charge in [0.1, 0.15) is 5.01 Å². The Morgan fingerprint density at radius 2 is 1.39 bits per heavy atom. The molecule has 6 aromatic rings. The second kappa shape index (κ2) is 14.6. The molecule has 14 heteroatoms. The van der Waals surface area contributed by atoms with Crippen molar-refractivity contribution in [1.82, 2.24) is 40.6 Å². The minimum atomic E-state index is -1.02. The lowest BCUT2D eigenvalue weighted by atomic mass is 10.2. The molecule has 0 saturated carbocycles. The summed E-state index contributed by atoms with van der Waals surface area (Å²) >= 11 is 3.99. The molecule has 3 N–H and O–H groups in total. The van der Waals surface area contributed by atoms with Crippen LogP contribution in [0, 0.1) is 0 Å². The number of aliphatic hydroxyl groups excluding tert-OH is 1. The smallest absolute Gasteiger partial charge is 0.280 e. The highest BCUT2D eigenvalue weighted by Gasteiger charge is 2.21. The van der Waals surface area contributed by atoms with Gasteiger partial charge < -0.3 is 15.7 Å². The maximum Gasteiger partial charge on any atom is 0.280 e. The standard InChI is InChI=1S/C32H30N8O3S3/c1-40-22(13-8-15-33-28(42)31-35-18-24(44-31)20-9-4-2-5-10-20)17-23(39-40)27(41)30-38-37-26(46-30)14-16-34-29(43)32-36-19-25(45-32)21-11-6-3-7-12-21/h2-7,9-12,17-19,27,41H,8,13-16H2,1H3,(H,33,42)(H,34,43). The number of hydrogen-bond donors (Lipinski definition) is 3. The van der Waals surface area contributed by atoms with Crippen LogP contribution in [0.1, 0.15) is 53.5 Å². The number of carbonyl (C=O) groups excluding carboxylic acids is 2. The Kier molecular flexibility index (Phi) is 9.98. The molecule has 1 unspecified atom stereocenters. The number of hydrogen-bond acceptors (Lipinski definition) is 11. The van der Waals surface area contributed by atoms with Crippen LogP contribution in [0.5, 0.6) is 0 Å². The van der Waals surface area contributed by atoms with E-state index in [1.54, 1.807) is 17.1 Å². The van der Waals surface area contributed by atoms with Gasteiger partial charge >= 0.3 is 0 Å². The van der Waals surface area contributed by atoms with Gasteiger partial charge in [-0.05, 0) is 30.0 Å². The molecule has 0 saturated heterocycles. The lowest BCUT2D eigenvalue weighted by Gasteiger charge is -2.03. The lowest BCUT2D eigenvalue weighted by Crippen LogP contribution is -2.25. The van der Waals surface area contributed by atoms with E-state index in [1.165, 1.54) is 34.0 Å². The first-order valence-corrected chi connectivity index (χ1v) is 17.0. The number of nitrogens with one attached hydrogen (secondary N) is 2. The maximum absolute atomic E-state index is 12.6. The molecule has 0 spiro atoms.